The van der Waals surface area contributed by atoms with E-state index in [9.17, 15) is 16.8 Å². The summed E-state index contributed by atoms with van der Waals surface area (Å²) >= 11 is 0. The molecule has 0 spiro atoms. The van der Waals surface area contributed by atoms with Crippen molar-refractivity contribution in [2.24, 2.45) is 0 Å². The Morgan fingerprint density at radius 3 is 1.35 bits per heavy atom. The molecule has 0 aliphatic carbocycles. The highest BCUT2D eigenvalue weighted by atomic mass is 32.2. The summed E-state index contributed by atoms with van der Waals surface area (Å²) in [5.74, 6) is 0. The van der Waals surface area contributed by atoms with Crippen molar-refractivity contribution in [1.29, 1.82) is 0 Å². The molecule has 186 valence electrons. The van der Waals surface area contributed by atoms with Gasteiger partial charge in [-0.05, 0) is 38.1 Å². The molecule has 2 aromatic rings. The van der Waals surface area contributed by atoms with Crippen LogP contribution in [0, 0.1) is 13.8 Å². The van der Waals surface area contributed by atoms with E-state index in [1.54, 1.807) is 24.3 Å². The fourth-order valence-electron chi connectivity index (χ4n) is 3.61. The first-order valence-corrected chi connectivity index (χ1v) is 13.4. The Morgan fingerprint density at radius 2 is 1.00 bits per heavy atom. The van der Waals surface area contributed by atoms with Crippen molar-refractivity contribution >= 4 is 20.2 Å². The smallest absolute Gasteiger partial charge is 0.297 e. The lowest BCUT2D eigenvalue weighted by Gasteiger charge is -2.40. The third-order valence-electron chi connectivity index (χ3n) is 5.43. The lowest BCUT2D eigenvalue weighted by atomic mass is 10.0. The molecule has 0 radical (unpaired) electrons. The van der Waals surface area contributed by atoms with Gasteiger partial charge in [0.25, 0.3) is 20.2 Å². The van der Waals surface area contributed by atoms with Gasteiger partial charge in [-0.15, -0.1) is 0 Å². The molecular weight excluding hydrogens is 488 g/mol. The van der Waals surface area contributed by atoms with Crippen LogP contribution in [0.15, 0.2) is 58.3 Å². The highest BCUT2D eigenvalue weighted by Gasteiger charge is 2.45. The normalized spacial score (nSPS) is 26.3. The van der Waals surface area contributed by atoms with Crippen molar-refractivity contribution in [1.82, 2.24) is 0 Å². The van der Waals surface area contributed by atoms with Crippen LogP contribution in [0.25, 0.3) is 0 Å². The second-order valence-electron chi connectivity index (χ2n) is 8.04. The number of benzene rings is 2. The molecule has 0 aromatic heterocycles. The van der Waals surface area contributed by atoms with Gasteiger partial charge in [-0.2, -0.15) is 16.8 Å². The van der Waals surface area contributed by atoms with E-state index in [1.807, 2.05) is 13.8 Å². The number of aryl methyl sites for hydroxylation is 2. The van der Waals surface area contributed by atoms with Crippen LogP contribution in [-0.4, -0.2) is 68.1 Å². The summed E-state index contributed by atoms with van der Waals surface area (Å²) in [5, 5.41) is 0. The van der Waals surface area contributed by atoms with Crippen LogP contribution in [0.1, 0.15) is 11.1 Å². The van der Waals surface area contributed by atoms with Gasteiger partial charge >= 0.3 is 0 Å². The van der Waals surface area contributed by atoms with Crippen molar-refractivity contribution < 1.29 is 44.1 Å². The molecule has 10 nitrogen and oxygen atoms in total. The van der Waals surface area contributed by atoms with Gasteiger partial charge in [0.15, 0.2) is 0 Å². The maximum Gasteiger partial charge on any atom is 0.297 e. The highest BCUT2D eigenvalue weighted by molar-refractivity contribution is 7.87. The Bertz CT molecular complexity index is 1080. The van der Waals surface area contributed by atoms with Crippen LogP contribution < -0.4 is 0 Å². The summed E-state index contributed by atoms with van der Waals surface area (Å²) < 4.78 is 84.0. The van der Waals surface area contributed by atoms with Crippen molar-refractivity contribution in [3.8, 4) is 0 Å². The zero-order valence-electron chi connectivity index (χ0n) is 18.7. The van der Waals surface area contributed by atoms with Gasteiger partial charge in [0.2, 0.25) is 0 Å². The molecular formula is C22H26O10S2. The molecule has 4 unspecified atom stereocenters. The Labute approximate surface area is 198 Å². The summed E-state index contributed by atoms with van der Waals surface area (Å²) in [4.78, 5) is -0.0462. The van der Waals surface area contributed by atoms with E-state index in [1.165, 1.54) is 24.3 Å². The predicted molar refractivity (Wildman–Crippen MR) is 118 cm³/mol. The van der Waals surface area contributed by atoms with Crippen LogP contribution in [0.3, 0.4) is 0 Å². The van der Waals surface area contributed by atoms with Crippen molar-refractivity contribution in [2.75, 3.05) is 26.8 Å². The highest BCUT2D eigenvalue weighted by Crippen LogP contribution is 2.28. The third-order valence-corrected chi connectivity index (χ3v) is 8.13. The summed E-state index contributed by atoms with van der Waals surface area (Å²) in [6.45, 7) is 3.18. The molecule has 4 rings (SSSR count). The molecule has 2 aromatic carbocycles. The first kappa shape index (κ1) is 25.2. The zero-order valence-corrected chi connectivity index (χ0v) is 20.3. The van der Waals surface area contributed by atoms with Crippen LogP contribution >= 0.6 is 0 Å². The maximum atomic E-state index is 12.8. The quantitative estimate of drug-likeness (QED) is 0.506. The Kier molecular flexibility index (Phi) is 7.69. The molecule has 2 saturated heterocycles. The third kappa shape index (κ3) is 5.83. The van der Waals surface area contributed by atoms with Crippen molar-refractivity contribution in [3.05, 3.63) is 59.7 Å². The molecule has 4 atom stereocenters. The number of hydrogen-bond acceptors (Lipinski definition) is 10. The van der Waals surface area contributed by atoms with Gasteiger partial charge in [-0.1, -0.05) is 35.4 Å². The fraction of sp³-hybridized carbons (Fsp3) is 0.455. The summed E-state index contributed by atoms with van der Waals surface area (Å²) in [5.41, 5.74) is 1.79. The second-order valence-corrected chi connectivity index (χ2v) is 11.2. The minimum absolute atomic E-state index is 0.0231. The average molecular weight is 515 g/mol. The van der Waals surface area contributed by atoms with Gasteiger partial charge in [0, 0.05) is 0 Å². The minimum Gasteiger partial charge on any atom is -0.353 e. The first-order valence-electron chi connectivity index (χ1n) is 10.5. The van der Waals surface area contributed by atoms with E-state index in [2.05, 4.69) is 0 Å². The van der Waals surface area contributed by atoms with E-state index < -0.39 is 44.7 Å². The van der Waals surface area contributed by atoms with Gasteiger partial charge in [0.05, 0.1) is 23.0 Å². The molecule has 0 bridgehead atoms. The summed E-state index contributed by atoms with van der Waals surface area (Å²) in [6.07, 6.45) is -4.18. The van der Waals surface area contributed by atoms with E-state index in [-0.39, 0.29) is 36.6 Å². The van der Waals surface area contributed by atoms with Crippen LogP contribution in [0.2, 0.25) is 0 Å². The average Bonchev–Trinajstić information content (AvgIpc) is 2.80. The van der Waals surface area contributed by atoms with Gasteiger partial charge in [0.1, 0.15) is 38.0 Å². The molecule has 2 fully saturated rings. The standard InChI is InChI=1S/C22H26O10S2/c1-15-3-7-17(8-4-15)33(23,24)31-19-11-27-13-29-21(19)22-20(12-28-14-30-22)32-34(25,26)18-9-5-16(2)6-10-18/h3-10,19-22H,11-14H2,1-2H3. The van der Waals surface area contributed by atoms with Crippen LogP contribution in [0.4, 0.5) is 0 Å². The summed E-state index contributed by atoms with van der Waals surface area (Å²) in [7, 11) is -8.31. The molecule has 2 aliphatic rings. The number of rotatable bonds is 7. The van der Waals surface area contributed by atoms with Crippen LogP contribution in [-0.2, 0) is 47.5 Å². The monoisotopic (exact) mass is 514 g/mol. The zero-order chi connectivity index (χ0) is 24.3. The minimum atomic E-state index is -4.15. The molecule has 2 aliphatic heterocycles. The fourth-order valence-corrected chi connectivity index (χ4v) is 5.75. The SMILES string of the molecule is Cc1ccc(S(=O)(=O)OC2COCOC2C2OCOCC2OS(=O)(=O)c2ccc(C)cc2)cc1. The van der Waals surface area contributed by atoms with Gasteiger partial charge < -0.3 is 18.9 Å². The van der Waals surface area contributed by atoms with E-state index in [4.69, 9.17) is 27.3 Å². The lowest BCUT2D eigenvalue weighted by Crippen LogP contribution is -2.57. The van der Waals surface area contributed by atoms with E-state index >= 15 is 0 Å². The molecule has 0 saturated carbocycles. The van der Waals surface area contributed by atoms with Crippen molar-refractivity contribution in [2.45, 2.75) is 48.1 Å². The topological polar surface area (TPSA) is 124 Å². The Balaban J connectivity index is 1.54. The Morgan fingerprint density at radius 1 is 0.647 bits per heavy atom. The molecule has 34 heavy (non-hydrogen) atoms. The predicted octanol–water partition coefficient (Wildman–Crippen LogP) is 1.90. The number of hydrogen-bond donors (Lipinski definition) is 0. The molecule has 2 heterocycles. The molecule has 0 amide bonds. The van der Waals surface area contributed by atoms with Gasteiger partial charge in [-0.3, -0.25) is 8.37 Å². The lowest BCUT2D eigenvalue weighted by molar-refractivity contribution is -0.269. The van der Waals surface area contributed by atoms with Gasteiger partial charge in [-0.25, -0.2) is 0 Å². The molecule has 12 heteroatoms. The van der Waals surface area contributed by atoms with Crippen LogP contribution in [0.5, 0.6) is 0 Å². The largest absolute Gasteiger partial charge is 0.353 e. The van der Waals surface area contributed by atoms with E-state index in [0.717, 1.165) is 11.1 Å². The first-order chi connectivity index (χ1) is 16.2. The molecule has 0 N–H and O–H groups in total. The second kappa shape index (κ2) is 10.4. The summed E-state index contributed by atoms with van der Waals surface area (Å²) in [6, 6.07) is 12.4. The van der Waals surface area contributed by atoms with E-state index in [0.29, 0.717) is 0 Å². The number of ether oxygens (including phenoxy) is 4. The Hall–Kier alpha value is -1.90. The maximum absolute atomic E-state index is 12.8. The van der Waals surface area contributed by atoms with Crippen molar-refractivity contribution in [3.63, 3.8) is 0 Å².